The molecule has 0 aliphatic carbocycles. The van der Waals surface area contributed by atoms with Crippen molar-refractivity contribution in [2.24, 2.45) is 5.41 Å². The average molecular weight is 268 g/mol. The molecule has 3 nitrogen and oxygen atoms in total. The van der Waals surface area contributed by atoms with Crippen LogP contribution in [0.1, 0.15) is 44.4 Å². The smallest absolute Gasteiger partial charge is 0.225 e. The molecule has 1 fully saturated rings. The zero-order chi connectivity index (χ0) is 13.2. The summed E-state index contributed by atoms with van der Waals surface area (Å²) in [5.74, 6) is 1.35. The van der Waals surface area contributed by atoms with Gasteiger partial charge in [0.25, 0.3) is 0 Å². The van der Waals surface area contributed by atoms with Crippen molar-refractivity contribution in [3.8, 4) is 0 Å². The van der Waals surface area contributed by atoms with E-state index in [1.807, 2.05) is 13.1 Å². The van der Waals surface area contributed by atoms with Crippen LogP contribution >= 0.6 is 11.6 Å². The summed E-state index contributed by atoms with van der Waals surface area (Å²) < 4.78 is 0. The number of aromatic nitrogens is 2. The van der Waals surface area contributed by atoms with Crippen molar-refractivity contribution < 1.29 is 0 Å². The second kappa shape index (κ2) is 5.43. The van der Waals surface area contributed by atoms with E-state index in [2.05, 4.69) is 28.7 Å². The number of anilines is 1. The Labute approximate surface area is 115 Å². The SMILES string of the molecule is CCC1(CC)CCN(c2ncc(CCl)c(C)n2)C1. The maximum Gasteiger partial charge on any atom is 0.225 e. The Morgan fingerprint density at radius 3 is 2.61 bits per heavy atom. The largest absolute Gasteiger partial charge is 0.340 e. The monoisotopic (exact) mass is 267 g/mol. The molecule has 0 aromatic carbocycles. The molecule has 0 atom stereocenters. The molecule has 1 aromatic rings. The van der Waals surface area contributed by atoms with Crippen molar-refractivity contribution in [1.29, 1.82) is 0 Å². The van der Waals surface area contributed by atoms with E-state index in [9.17, 15) is 0 Å². The van der Waals surface area contributed by atoms with Gasteiger partial charge in [0.2, 0.25) is 5.95 Å². The number of hydrogen-bond donors (Lipinski definition) is 0. The number of nitrogens with zero attached hydrogens (tertiary/aromatic N) is 3. The zero-order valence-corrected chi connectivity index (χ0v) is 12.3. The van der Waals surface area contributed by atoms with E-state index in [-0.39, 0.29) is 0 Å². The first kappa shape index (κ1) is 13.6. The molecule has 0 amide bonds. The summed E-state index contributed by atoms with van der Waals surface area (Å²) in [6, 6.07) is 0. The third-order valence-electron chi connectivity index (χ3n) is 4.43. The van der Waals surface area contributed by atoms with E-state index in [0.29, 0.717) is 11.3 Å². The summed E-state index contributed by atoms with van der Waals surface area (Å²) >= 11 is 5.84. The van der Waals surface area contributed by atoms with Crippen molar-refractivity contribution >= 4 is 17.5 Å². The van der Waals surface area contributed by atoms with E-state index < -0.39 is 0 Å². The van der Waals surface area contributed by atoms with E-state index in [1.165, 1.54) is 19.3 Å². The lowest BCUT2D eigenvalue weighted by Crippen LogP contribution is -2.27. The highest BCUT2D eigenvalue weighted by Gasteiger charge is 2.35. The first-order chi connectivity index (χ1) is 8.64. The van der Waals surface area contributed by atoms with Crippen LogP contribution in [-0.2, 0) is 5.88 Å². The maximum atomic E-state index is 5.84. The Hall–Kier alpha value is -0.830. The van der Waals surface area contributed by atoms with Crippen LogP contribution < -0.4 is 4.90 Å². The highest BCUT2D eigenvalue weighted by Crippen LogP contribution is 2.38. The predicted molar refractivity (Wildman–Crippen MR) is 76.2 cm³/mol. The molecule has 0 N–H and O–H groups in total. The van der Waals surface area contributed by atoms with Gasteiger partial charge in [0, 0.05) is 30.5 Å². The Kier molecular flexibility index (Phi) is 4.10. The van der Waals surface area contributed by atoms with Gasteiger partial charge in [0.05, 0.1) is 5.88 Å². The second-order valence-electron chi connectivity index (χ2n) is 5.29. The van der Waals surface area contributed by atoms with Crippen molar-refractivity contribution in [1.82, 2.24) is 9.97 Å². The molecule has 1 aromatic heterocycles. The van der Waals surface area contributed by atoms with Crippen LogP contribution in [-0.4, -0.2) is 23.1 Å². The molecule has 0 radical (unpaired) electrons. The number of aryl methyl sites for hydroxylation is 1. The van der Waals surface area contributed by atoms with Crippen molar-refractivity contribution in [2.75, 3.05) is 18.0 Å². The third kappa shape index (κ3) is 2.46. The molecule has 1 saturated heterocycles. The topological polar surface area (TPSA) is 29.0 Å². The van der Waals surface area contributed by atoms with Gasteiger partial charge in [0.1, 0.15) is 0 Å². The second-order valence-corrected chi connectivity index (χ2v) is 5.56. The molecule has 2 rings (SSSR count). The van der Waals surface area contributed by atoms with E-state index >= 15 is 0 Å². The lowest BCUT2D eigenvalue weighted by atomic mass is 9.82. The van der Waals surface area contributed by atoms with Gasteiger partial charge < -0.3 is 4.90 Å². The Bertz CT molecular complexity index is 416. The standard InChI is InChI=1S/C14H22ClN3/c1-4-14(5-2)6-7-18(10-14)13-16-9-12(8-15)11(3)17-13/h9H,4-8,10H2,1-3H3. The van der Waals surface area contributed by atoms with Crippen molar-refractivity contribution in [3.63, 3.8) is 0 Å². The fourth-order valence-corrected chi connectivity index (χ4v) is 2.96. The summed E-state index contributed by atoms with van der Waals surface area (Å²) in [6.07, 6.45) is 5.58. The summed E-state index contributed by atoms with van der Waals surface area (Å²) in [7, 11) is 0. The van der Waals surface area contributed by atoms with Gasteiger partial charge in [-0.1, -0.05) is 13.8 Å². The maximum absolute atomic E-state index is 5.84. The van der Waals surface area contributed by atoms with Gasteiger partial charge in [0.15, 0.2) is 0 Å². The van der Waals surface area contributed by atoms with Crippen LogP contribution in [0.5, 0.6) is 0 Å². The number of halogens is 1. The molecular weight excluding hydrogens is 246 g/mol. The molecule has 2 heterocycles. The molecule has 4 heteroatoms. The third-order valence-corrected chi connectivity index (χ3v) is 4.72. The van der Waals surface area contributed by atoms with Gasteiger partial charge in [-0.2, -0.15) is 0 Å². The van der Waals surface area contributed by atoms with Crippen molar-refractivity contribution in [3.05, 3.63) is 17.5 Å². The molecule has 100 valence electrons. The number of rotatable bonds is 4. The van der Waals surface area contributed by atoms with Gasteiger partial charge in [-0.3, -0.25) is 0 Å². The molecule has 1 aliphatic rings. The average Bonchev–Trinajstić information content (AvgIpc) is 2.84. The van der Waals surface area contributed by atoms with Gasteiger partial charge in [-0.25, -0.2) is 9.97 Å². The van der Waals surface area contributed by atoms with Crippen LogP contribution in [0.3, 0.4) is 0 Å². The van der Waals surface area contributed by atoms with E-state index in [1.54, 1.807) is 0 Å². The Morgan fingerprint density at radius 2 is 2.11 bits per heavy atom. The van der Waals surface area contributed by atoms with Crippen LogP contribution in [0.4, 0.5) is 5.95 Å². The Morgan fingerprint density at radius 1 is 1.39 bits per heavy atom. The summed E-state index contributed by atoms with van der Waals surface area (Å²) in [5.41, 5.74) is 2.49. The van der Waals surface area contributed by atoms with Gasteiger partial charge >= 0.3 is 0 Å². The quantitative estimate of drug-likeness (QED) is 0.782. The fraction of sp³-hybridized carbons (Fsp3) is 0.714. The van der Waals surface area contributed by atoms with Crippen LogP contribution in [0.2, 0.25) is 0 Å². The first-order valence-corrected chi connectivity index (χ1v) is 7.31. The minimum atomic E-state index is 0.461. The summed E-state index contributed by atoms with van der Waals surface area (Å²) in [6.45, 7) is 8.73. The minimum Gasteiger partial charge on any atom is -0.340 e. The normalized spacial score (nSPS) is 18.3. The van der Waals surface area contributed by atoms with Gasteiger partial charge in [-0.05, 0) is 31.6 Å². The van der Waals surface area contributed by atoms with Crippen molar-refractivity contribution in [2.45, 2.75) is 45.9 Å². The van der Waals surface area contributed by atoms with Crippen LogP contribution in [0.15, 0.2) is 6.20 Å². The summed E-state index contributed by atoms with van der Waals surface area (Å²) in [4.78, 5) is 11.4. The molecule has 0 bridgehead atoms. The van der Waals surface area contributed by atoms with Crippen LogP contribution in [0.25, 0.3) is 0 Å². The molecular formula is C14H22ClN3. The van der Waals surface area contributed by atoms with E-state index in [0.717, 1.165) is 30.3 Å². The highest BCUT2D eigenvalue weighted by molar-refractivity contribution is 6.17. The van der Waals surface area contributed by atoms with Gasteiger partial charge in [-0.15, -0.1) is 11.6 Å². The first-order valence-electron chi connectivity index (χ1n) is 6.77. The number of alkyl halides is 1. The predicted octanol–water partition coefficient (Wildman–Crippen LogP) is 3.54. The van der Waals surface area contributed by atoms with Crippen LogP contribution in [0, 0.1) is 12.3 Å². The lowest BCUT2D eigenvalue weighted by molar-refractivity contribution is 0.301. The summed E-state index contributed by atoms with van der Waals surface area (Å²) in [5, 5.41) is 0. The molecule has 0 saturated carbocycles. The van der Waals surface area contributed by atoms with E-state index in [4.69, 9.17) is 11.6 Å². The lowest BCUT2D eigenvalue weighted by Gasteiger charge is -2.26. The molecule has 18 heavy (non-hydrogen) atoms. The molecule has 1 aliphatic heterocycles. The Balaban J connectivity index is 2.17. The molecule has 0 unspecified atom stereocenters. The fourth-order valence-electron chi connectivity index (χ4n) is 2.70. The molecule has 0 spiro atoms. The minimum absolute atomic E-state index is 0.461. The highest BCUT2D eigenvalue weighted by atomic mass is 35.5. The zero-order valence-electron chi connectivity index (χ0n) is 11.5. The number of hydrogen-bond acceptors (Lipinski definition) is 3.